The van der Waals surface area contributed by atoms with E-state index in [2.05, 4.69) is 91.5 Å². The van der Waals surface area contributed by atoms with Gasteiger partial charge in [-0.3, -0.25) is 0 Å². The van der Waals surface area contributed by atoms with E-state index in [1.54, 1.807) is 9.59 Å². The average molecular weight is 529 g/mol. The Morgan fingerprint density at radius 2 is 1.10 bits per heavy atom. The first-order valence-corrected chi connectivity index (χ1v) is 12.1. The van der Waals surface area contributed by atoms with Gasteiger partial charge in [0.05, 0.1) is 0 Å². The van der Waals surface area contributed by atoms with Gasteiger partial charge >= 0.3 is 178 Å². The van der Waals surface area contributed by atoms with Crippen LogP contribution in [0.25, 0.3) is 23.5 Å². The molecule has 0 saturated heterocycles. The fourth-order valence-electron chi connectivity index (χ4n) is 4.05. The van der Waals surface area contributed by atoms with Gasteiger partial charge in [0.25, 0.3) is 0 Å². The molecule has 152 valence electrons. The maximum Gasteiger partial charge on any atom is -1.00 e. The summed E-state index contributed by atoms with van der Waals surface area (Å²) in [6, 6.07) is 17.1. The SMILES string of the molecule is C1=C(n2ncnn2)[CH]([Zr+2][CH]2C(n3ncnn3)=Cc3ccccc32)c2ccccc21.[Cl-].[Cl-]. The van der Waals surface area contributed by atoms with Gasteiger partial charge in [-0.15, -0.1) is 0 Å². The van der Waals surface area contributed by atoms with Crippen LogP contribution >= 0.6 is 0 Å². The van der Waals surface area contributed by atoms with E-state index in [1.807, 2.05) is 0 Å². The molecule has 2 aliphatic rings. The third-order valence-electron chi connectivity index (χ3n) is 5.31. The monoisotopic (exact) mass is 526 g/mol. The topological polar surface area (TPSA) is 87.2 Å². The van der Waals surface area contributed by atoms with E-state index in [-0.39, 0.29) is 24.8 Å². The number of hydrogen-bond acceptors (Lipinski definition) is 6. The number of nitrogens with zero attached hydrogens (tertiary/aromatic N) is 8. The van der Waals surface area contributed by atoms with Crippen molar-refractivity contribution in [3.05, 3.63) is 83.4 Å². The smallest absolute Gasteiger partial charge is 1.00 e. The number of allylic oxidation sites excluding steroid dienone is 2. The van der Waals surface area contributed by atoms with Crippen LogP contribution in [0, 0.1) is 0 Å². The fraction of sp³-hybridized carbons (Fsp3) is 0.100. The minimum Gasteiger partial charge on any atom is -1.00 e. The van der Waals surface area contributed by atoms with E-state index in [9.17, 15) is 0 Å². The van der Waals surface area contributed by atoms with Crippen LogP contribution in [-0.2, 0) is 23.2 Å². The second kappa shape index (κ2) is 8.95. The maximum atomic E-state index is 4.32. The van der Waals surface area contributed by atoms with Crippen LogP contribution in [0.1, 0.15) is 29.5 Å². The summed E-state index contributed by atoms with van der Waals surface area (Å²) in [4.78, 5) is 3.34. The van der Waals surface area contributed by atoms with Crippen molar-refractivity contribution in [3.63, 3.8) is 0 Å². The largest absolute Gasteiger partial charge is 1.00 e. The van der Waals surface area contributed by atoms with Crippen LogP contribution < -0.4 is 24.8 Å². The van der Waals surface area contributed by atoms with Crippen LogP contribution in [0.3, 0.4) is 0 Å². The molecule has 0 amide bonds. The molecule has 2 aliphatic carbocycles. The van der Waals surface area contributed by atoms with E-state index >= 15 is 0 Å². The van der Waals surface area contributed by atoms with E-state index in [1.165, 1.54) is 34.9 Å². The molecule has 0 radical (unpaired) electrons. The maximum absolute atomic E-state index is 4.32. The third kappa shape index (κ3) is 3.71. The standard InChI is InChI=1S/2C10H7N4.2ClH.Zr/c2*1-2-4-9-6-10(5-8(9)3-1)14-12-7-11-13-14;;;/h2*1-7H;2*1H;/q;;;;+2/p-2. The molecule has 6 rings (SSSR count). The predicted octanol–water partition coefficient (Wildman–Crippen LogP) is -3.44. The Bertz CT molecular complexity index is 1160. The Morgan fingerprint density at radius 1 is 0.645 bits per heavy atom. The zero-order valence-corrected chi connectivity index (χ0v) is 19.9. The minimum absolute atomic E-state index is 0. The molecule has 8 nitrogen and oxygen atoms in total. The second-order valence-electron chi connectivity index (χ2n) is 6.88. The van der Waals surface area contributed by atoms with Crippen molar-refractivity contribution < 1.29 is 48.0 Å². The zero-order valence-electron chi connectivity index (χ0n) is 15.9. The first-order chi connectivity index (χ1) is 14.4. The molecular formula is C20H14Cl2N8Zr. The van der Waals surface area contributed by atoms with Gasteiger partial charge in [0.2, 0.25) is 0 Å². The number of rotatable bonds is 4. The molecule has 0 spiro atoms. The normalized spacial score (nSPS) is 18.1. The summed E-state index contributed by atoms with van der Waals surface area (Å²) in [5.41, 5.74) is 7.38. The molecule has 2 atom stereocenters. The fourth-order valence-corrected chi connectivity index (χ4v) is 8.86. The van der Waals surface area contributed by atoms with Crippen LogP contribution in [0.5, 0.6) is 0 Å². The first kappa shape index (κ1) is 21.7. The quantitative estimate of drug-likeness (QED) is 0.274. The Labute approximate surface area is 201 Å². The first-order valence-electron chi connectivity index (χ1n) is 9.22. The molecule has 31 heavy (non-hydrogen) atoms. The van der Waals surface area contributed by atoms with Crippen LogP contribution in [0.4, 0.5) is 0 Å². The molecular weight excluding hydrogens is 514 g/mol. The second-order valence-corrected chi connectivity index (χ2v) is 10.5. The van der Waals surface area contributed by atoms with E-state index in [0.29, 0.717) is 7.25 Å². The molecule has 0 bridgehead atoms. The van der Waals surface area contributed by atoms with E-state index in [0.717, 1.165) is 11.4 Å². The molecule has 2 heterocycles. The van der Waals surface area contributed by atoms with Gasteiger partial charge in [0.1, 0.15) is 0 Å². The van der Waals surface area contributed by atoms with Gasteiger partial charge in [0, 0.05) is 0 Å². The number of fused-ring (bicyclic) bond motifs is 2. The van der Waals surface area contributed by atoms with E-state index < -0.39 is 23.2 Å². The molecule has 0 saturated carbocycles. The van der Waals surface area contributed by atoms with E-state index in [4.69, 9.17) is 0 Å². The predicted molar refractivity (Wildman–Crippen MR) is 102 cm³/mol. The van der Waals surface area contributed by atoms with Crippen molar-refractivity contribution in [3.8, 4) is 0 Å². The van der Waals surface area contributed by atoms with Gasteiger partial charge in [0.15, 0.2) is 0 Å². The van der Waals surface area contributed by atoms with Gasteiger partial charge in [-0.1, -0.05) is 0 Å². The number of hydrogen-bond donors (Lipinski definition) is 0. The summed E-state index contributed by atoms with van der Waals surface area (Å²) in [5.74, 6) is 0. The van der Waals surface area contributed by atoms with Gasteiger partial charge in [-0.05, 0) is 0 Å². The van der Waals surface area contributed by atoms with Crippen LogP contribution in [0.15, 0.2) is 61.2 Å². The van der Waals surface area contributed by atoms with Gasteiger partial charge < -0.3 is 24.8 Å². The van der Waals surface area contributed by atoms with Gasteiger partial charge in [-0.25, -0.2) is 0 Å². The van der Waals surface area contributed by atoms with Crippen molar-refractivity contribution in [2.75, 3.05) is 0 Å². The summed E-state index contributed by atoms with van der Waals surface area (Å²) < 4.78 is 0.596. The minimum atomic E-state index is -1.15. The Morgan fingerprint density at radius 3 is 1.52 bits per heavy atom. The van der Waals surface area contributed by atoms with Crippen molar-refractivity contribution in [1.29, 1.82) is 0 Å². The molecule has 11 heteroatoms. The number of benzene rings is 2. The molecule has 2 aromatic carbocycles. The number of aromatic nitrogens is 8. The van der Waals surface area contributed by atoms with Gasteiger partial charge in [-0.2, -0.15) is 0 Å². The molecule has 4 aromatic rings. The van der Waals surface area contributed by atoms with Crippen LogP contribution in [-0.4, -0.2) is 40.4 Å². The Kier molecular flexibility index (Phi) is 6.27. The zero-order chi connectivity index (χ0) is 19.2. The summed E-state index contributed by atoms with van der Waals surface area (Å²) in [6.07, 6.45) is 7.36. The molecule has 2 unspecified atom stereocenters. The summed E-state index contributed by atoms with van der Waals surface area (Å²) in [5, 5.41) is 24.8. The molecule has 0 fully saturated rings. The Hall–Kier alpha value is -2.48. The Balaban J connectivity index is 0.00000116. The number of halogens is 2. The van der Waals surface area contributed by atoms with Crippen molar-refractivity contribution in [2.24, 2.45) is 0 Å². The number of tetrazole rings is 2. The molecule has 0 N–H and O–H groups in total. The molecule has 0 aliphatic heterocycles. The van der Waals surface area contributed by atoms with Crippen LogP contribution in [0.2, 0.25) is 0 Å². The van der Waals surface area contributed by atoms with Crippen molar-refractivity contribution in [2.45, 2.75) is 7.25 Å². The average Bonchev–Trinajstić information content (AvgIpc) is 3.55. The third-order valence-corrected chi connectivity index (χ3v) is 9.93. The summed E-state index contributed by atoms with van der Waals surface area (Å²) >= 11 is -1.15. The molecule has 2 aromatic heterocycles. The van der Waals surface area contributed by atoms with Crippen molar-refractivity contribution >= 4 is 23.5 Å². The summed E-state index contributed by atoms with van der Waals surface area (Å²) in [6.45, 7) is 0. The summed E-state index contributed by atoms with van der Waals surface area (Å²) in [7, 11) is 0. The van der Waals surface area contributed by atoms with Crippen molar-refractivity contribution in [1.82, 2.24) is 40.4 Å².